The van der Waals surface area contributed by atoms with Crippen LogP contribution in [-0.4, -0.2) is 24.9 Å². The molecule has 0 saturated heterocycles. The Kier molecular flexibility index (Phi) is 4.19. The zero-order valence-electron chi connectivity index (χ0n) is 10.6. The molecule has 0 radical (unpaired) electrons. The molecule has 1 saturated carbocycles. The molecule has 0 spiro atoms. The summed E-state index contributed by atoms with van der Waals surface area (Å²) in [5.41, 5.74) is 1.32. The van der Waals surface area contributed by atoms with Crippen molar-refractivity contribution in [3.8, 4) is 0 Å². The van der Waals surface area contributed by atoms with Crippen LogP contribution in [0.15, 0.2) is 30.3 Å². The lowest BCUT2D eigenvalue weighted by atomic mass is 9.60. The van der Waals surface area contributed by atoms with E-state index in [2.05, 4.69) is 24.3 Å². The molecule has 94 valence electrons. The summed E-state index contributed by atoms with van der Waals surface area (Å²) in [7, 11) is 1.71. The van der Waals surface area contributed by atoms with Crippen LogP contribution in [0.25, 0.3) is 0 Å². The van der Waals surface area contributed by atoms with Gasteiger partial charge < -0.3 is 9.84 Å². The summed E-state index contributed by atoms with van der Waals surface area (Å²) in [5, 5.41) is 10.4. The van der Waals surface area contributed by atoms with Gasteiger partial charge in [-0.3, -0.25) is 0 Å². The molecule has 0 bridgehead atoms. The number of methoxy groups -OCH3 is 1. The molecule has 1 aromatic rings. The van der Waals surface area contributed by atoms with E-state index in [1.54, 1.807) is 7.11 Å². The fourth-order valence-electron chi connectivity index (χ4n) is 2.84. The van der Waals surface area contributed by atoms with Crippen LogP contribution >= 0.6 is 0 Å². The molecule has 1 aliphatic carbocycles. The third-order valence-corrected chi connectivity index (χ3v) is 4.06. The quantitative estimate of drug-likeness (QED) is 0.767. The Morgan fingerprint density at radius 1 is 1.29 bits per heavy atom. The van der Waals surface area contributed by atoms with Crippen LogP contribution in [0.5, 0.6) is 0 Å². The van der Waals surface area contributed by atoms with Gasteiger partial charge in [0.2, 0.25) is 0 Å². The van der Waals surface area contributed by atoms with Crippen LogP contribution in [0.1, 0.15) is 37.7 Å². The van der Waals surface area contributed by atoms with Gasteiger partial charge in [-0.2, -0.15) is 0 Å². The van der Waals surface area contributed by atoms with Gasteiger partial charge in [0.25, 0.3) is 0 Å². The van der Waals surface area contributed by atoms with Crippen molar-refractivity contribution in [1.29, 1.82) is 0 Å². The number of hydrogen-bond acceptors (Lipinski definition) is 2. The maximum absolute atomic E-state index is 10.4. The minimum atomic E-state index is -0.228. The smallest absolute Gasteiger partial charge is 0.0637 e. The maximum Gasteiger partial charge on any atom is 0.0637 e. The Bertz CT molecular complexity index is 330. The van der Waals surface area contributed by atoms with E-state index in [-0.39, 0.29) is 11.5 Å². The zero-order chi connectivity index (χ0) is 12.1. The van der Waals surface area contributed by atoms with Crippen molar-refractivity contribution in [1.82, 2.24) is 0 Å². The fraction of sp³-hybridized carbons (Fsp3) is 0.600. The second-order valence-electron chi connectivity index (χ2n) is 5.03. The van der Waals surface area contributed by atoms with Crippen molar-refractivity contribution in [3.63, 3.8) is 0 Å². The molecule has 17 heavy (non-hydrogen) atoms. The van der Waals surface area contributed by atoms with Crippen molar-refractivity contribution in [2.75, 3.05) is 13.7 Å². The predicted molar refractivity (Wildman–Crippen MR) is 69.1 cm³/mol. The van der Waals surface area contributed by atoms with E-state index in [4.69, 9.17) is 4.74 Å². The van der Waals surface area contributed by atoms with Crippen LogP contribution in [0, 0.1) is 0 Å². The highest BCUT2D eigenvalue weighted by Crippen LogP contribution is 2.47. The number of benzene rings is 1. The molecule has 1 fully saturated rings. The van der Waals surface area contributed by atoms with E-state index < -0.39 is 0 Å². The summed E-state index contributed by atoms with van der Waals surface area (Å²) in [6.07, 6.45) is 5.01. The lowest BCUT2D eigenvalue weighted by Gasteiger charge is -2.46. The van der Waals surface area contributed by atoms with E-state index >= 15 is 0 Å². The lowest BCUT2D eigenvalue weighted by Crippen LogP contribution is -2.45. The molecule has 2 nitrogen and oxygen atoms in total. The third-order valence-electron chi connectivity index (χ3n) is 4.06. The summed E-state index contributed by atoms with van der Waals surface area (Å²) in [4.78, 5) is 0. The topological polar surface area (TPSA) is 29.5 Å². The lowest BCUT2D eigenvalue weighted by molar-refractivity contribution is 0.0163. The van der Waals surface area contributed by atoms with Gasteiger partial charge in [-0.1, -0.05) is 36.8 Å². The Balaban J connectivity index is 2.04. The van der Waals surface area contributed by atoms with Crippen LogP contribution in [-0.2, 0) is 10.2 Å². The molecule has 0 amide bonds. The largest absolute Gasteiger partial charge is 0.392 e. The van der Waals surface area contributed by atoms with Gasteiger partial charge in [0.1, 0.15) is 0 Å². The highest BCUT2D eigenvalue weighted by molar-refractivity contribution is 5.29. The van der Waals surface area contributed by atoms with Crippen LogP contribution < -0.4 is 0 Å². The van der Waals surface area contributed by atoms with Gasteiger partial charge in [0.05, 0.1) is 6.10 Å². The molecular formula is C15H22O2. The van der Waals surface area contributed by atoms with Crippen LogP contribution in [0.4, 0.5) is 0 Å². The molecule has 2 heteroatoms. The summed E-state index contributed by atoms with van der Waals surface area (Å²) >= 11 is 0. The first-order valence-corrected chi connectivity index (χ1v) is 6.52. The van der Waals surface area contributed by atoms with E-state index in [9.17, 15) is 5.11 Å². The molecule has 0 heterocycles. The van der Waals surface area contributed by atoms with Crippen LogP contribution in [0.3, 0.4) is 0 Å². The Hall–Kier alpha value is -0.860. The molecule has 0 aliphatic heterocycles. The predicted octanol–water partition coefficient (Wildman–Crippen LogP) is 2.90. The monoisotopic (exact) mass is 234 g/mol. The molecule has 1 aromatic carbocycles. The normalized spacial score (nSPS) is 19.6. The van der Waals surface area contributed by atoms with E-state index in [1.165, 1.54) is 12.0 Å². The van der Waals surface area contributed by atoms with Gasteiger partial charge in [-0.05, 0) is 31.2 Å². The average molecular weight is 234 g/mol. The number of hydrogen-bond donors (Lipinski definition) is 1. The number of aliphatic hydroxyl groups is 1. The maximum atomic E-state index is 10.4. The van der Waals surface area contributed by atoms with Gasteiger partial charge in [-0.15, -0.1) is 0 Å². The average Bonchev–Trinajstić information content (AvgIpc) is 2.29. The molecular weight excluding hydrogens is 212 g/mol. The van der Waals surface area contributed by atoms with Crippen molar-refractivity contribution in [3.05, 3.63) is 35.9 Å². The molecule has 0 aromatic heterocycles. The number of rotatable bonds is 6. The summed E-state index contributed by atoms with van der Waals surface area (Å²) in [5.74, 6) is 0. The third kappa shape index (κ3) is 2.53. The summed E-state index contributed by atoms with van der Waals surface area (Å²) in [6.45, 7) is 0.738. The van der Waals surface area contributed by atoms with Gasteiger partial charge >= 0.3 is 0 Å². The van der Waals surface area contributed by atoms with Crippen LogP contribution in [0.2, 0.25) is 0 Å². The zero-order valence-corrected chi connectivity index (χ0v) is 10.6. The van der Waals surface area contributed by atoms with Gasteiger partial charge in [0.15, 0.2) is 0 Å². The van der Waals surface area contributed by atoms with Gasteiger partial charge in [-0.25, -0.2) is 0 Å². The van der Waals surface area contributed by atoms with E-state index in [0.29, 0.717) is 0 Å². The minimum absolute atomic E-state index is 0.0228. The Morgan fingerprint density at radius 2 is 2.00 bits per heavy atom. The molecule has 1 N–H and O–H groups in total. The number of ether oxygens (including phenoxy) is 1. The summed E-state index contributed by atoms with van der Waals surface area (Å²) < 4.78 is 5.05. The highest BCUT2D eigenvalue weighted by Gasteiger charge is 2.44. The fourth-order valence-corrected chi connectivity index (χ4v) is 2.84. The minimum Gasteiger partial charge on any atom is -0.392 e. The van der Waals surface area contributed by atoms with E-state index in [1.807, 2.05) is 6.07 Å². The second-order valence-corrected chi connectivity index (χ2v) is 5.03. The van der Waals surface area contributed by atoms with Crippen molar-refractivity contribution >= 4 is 0 Å². The second kappa shape index (κ2) is 5.65. The van der Waals surface area contributed by atoms with Crippen molar-refractivity contribution in [2.24, 2.45) is 0 Å². The Morgan fingerprint density at radius 3 is 2.53 bits per heavy atom. The first-order chi connectivity index (χ1) is 8.29. The summed E-state index contributed by atoms with van der Waals surface area (Å²) in [6, 6.07) is 10.5. The standard InChI is InChI=1S/C15H22O2/c1-17-12-5-9-14(16)15(10-6-11-15)13-7-3-2-4-8-13/h2-4,7-8,14,16H,5-6,9-12H2,1H3. The number of aliphatic hydroxyl groups excluding tert-OH is 1. The van der Waals surface area contributed by atoms with E-state index in [0.717, 1.165) is 32.3 Å². The molecule has 1 unspecified atom stereocenters. The first-order valence-electron chi connectivity index (χ1n) is 6.52. The van der Waals surface area contributed by atoms with Gasteiger partial charge in [0, 0.05) is 19.1 Å². The molecule has 1 atom stereocenters. The molecule has 1 aliphatic rings. The molecule has 2 rings (SSSR count). The Labute approximate surface area is 104 Å². The van der Waals surface area contributed by atoms with Crippen molar-refractivity contribution < 1.29 is 9.84 Å². The first kappa shape index (κ1) is 12.6. The highest BCUT2D eigenvalue weighted by atomic mass is 16.5. The van der Waals surface area contributed by atoms with Crippen molar-refractivity contribution in [2.45, 2.75) is 43.6 Å². The SMILES string of the molecule is COCCCC(O)C1(c2ccccc2)CCC1.